The van der Waals surface area contributed by atoms with Crippen LogP contribution in [-0.4, -0.2) is 16.8 Å². The van der Waals surface area contributed by atoms with Gasteiger partial charge in [0.2, 0.25) is 0 Å². The van der Waals surface area contributed by atoms with E-state index in [1.807, 2.05) is 6.07 Å². The lowest BCUT2D eigenvalue weighted by Crippen LogP contribution is -2.21. The van der Waals surface area contributed by atoms with E-state index in [2.05, 4.69) is 12.2 Å². The Morgan fingerprint density at radius 3 is 2.60 bits per heavy atom. The minimum atomic E-state index is -0.0621. The van der Waals surface area contributed by atoms with Gasteiger partial charge in [-0.15, -0.1) is 0 Å². The van der Waals surface area contributed by atoms with Crippen molar-refractivity contribution in [3.8, 4) is 11.5 Å². The van der Waals surface area contributed by atoms with Gasteiger partial charge in [-0.2, -0.15) is 0 Å². The van der Waals surface area contributed by atoms with E-state index < -0.39 is 0 Å². The number of hydrogen-bond acceptors (Lipinski definition) is 3. The summed E-state index contributed by atoms with van der Waals surface area (Å²) in [6.45, 7) is 4.03. The van der Waals surface area contributed by atoms with Crippen molar-refractivity contribution < 1.29 is 10.2 Å². The molecule has 1 aromatic carbocycles. The second-order valence-electron chi connectivity index (χ2n) is 4.74. The molecule has 1 aromatic rings. The number of rotatable bonds is 4. The third-order valence-corrected chi connectivity index (χ3v) is 3.02. The quantitative estimate of drug-likeness (QED) is 0.662. The summed E-state index contributed by atoms with van der Waals surface area (Å²) >= 11 is 0. The van der Waals surface area contributed by atoms with Gasteiger partial charge in [-0.1, -0.05) is 13.0 Å². The summed E-state index contributed by atoms with van der Waals surface area (Å²) in [4.78, 5) is 0. The van der Waals surface area contributed by atoms with E-state index >= 15 is 0 Å². The van der Waals surface area contributed by atoms with Gasteiger partial charge in [0.05, 0.1) is 0 Å². The fraction of sp³-hybridized carbons (Fsp3) is 0.500. The van der Waals surface area contributed by atoms with Crippen LogP contribution in [-0.2, 0) is 6.54 Å². The van der Waals surface area contributed by atoms with Gasteiger partial charge >= 0.3 is 0 Å². The van der Waals surface area contributed by atoms with Crippen LogP contribution in [0.2, 0.25) is 0 Å². The maximum Gasteiger partial charge on any atom is 0.157 e. The molecule has 82 valence electrons. The molecule has 0 radical (unpaired) electrons. The van der Waals surface area contributed by atoms with Crippen LogP contribution in [0.15, 0.2) is 18.2 Å². The molecule has 0 aliphatic heterocycles. The molecule has 3 heteroatoms. The molecule has 1 aliphatic carbocycles. The molecule has 0 aromatic heterocycles. The van der Waals surface area contributed by atoms with E-state index in [1.54, 1.807) is 6.07 Å². The molecular formula is C12H17NO2. The van der Waals surface area contributed by atoms with Crippen molar-refractivity contribution in [3.63, 3.8) is 0 Å². The van der Waals surface area contributed by atoms with Gasteiger partial charge in [0.15, 0.2) is 11.5 Å². The Hall–Kier alpha value is -1.22. The maximum absolute atomic E-state index is 9.29. The monoisotopic (exact) mass is 207 g/mol. The van der Waals surface area contributed by atoms with Crippen LogP contribution in [0, 0.1) is 5.41 Å². The maximum atomic E-state index is 9.29. The summed E-state index contributed by atoms with van der Waals surface area (Å²) < 4.78 is 0. The summed E-state index contributed by atoms with van der Waals surface area (Å²) in [7, 11) is 0. The summed E-state index contributed by atoms with van der Waals surface area (Å²) in [5.41, 5.74) is 1.49. The Bertz CT molecular complexity index is 359. The average Bonchev–Trinajstić information content (AvgIpc) is 2.90. The van der Waals surface area contributed by atoms with Gasteiger partial charge < -0.3 is 15.5 Å². The molecule has 0 unspecified atom stereocenters. The Balaban J connectivity index is 1.85. The lowest BCUT2D eigenvalue weighted by molar-refractivity contribution is 0.402. The molecule has 0 atom stereocenters. The van der Waals surface area contributed by atoms with E-state index in [-0.39, 0.29) is 11.5 Å². The zero-order valence-corrected chi connectivity index (χ0v) is 8.95. The molecule has 0 saturated heterocycles. The number of benzene rings is 1. The van der Waals surface area contributed by atoms with Gasteiger partial charge in [0.25, 0.3) is 0 Å². The molecule has 2 rings (SSSR count). The van der Waals surface area contributed by atoms with E-state index in [4.69, 9.17) is 5.11 Å². The van der Waals surface area contributed by atoms with Gasteiger partial charge in [-0.25, -0.2) is 0 Å². The predicted molar refractivity (Wildman–Crippen MR) is 58.8 cm³/mol. The smallest absolute Gasteiger partial charge is 0.157 e. The van der Waals surface area contributed by atoms with E-state index in [1.165, 1.54) is 18.9 Å². The van der Waals surface area contributed by atoms with Gasteiger partial charge in [0.1, 0.15) is 0 Å². The van der Waals surface area contributed by atoms with Crippen LogP contribution in [0.5, 0.6) is 11.5 Å². The van der Waals surface area contributed by atoms with Crippen molar-refractivity contribution >= 4 is 0 Å². The Kier molecular flexibility index (Phi) is 2.57. The standard InChI is InChI=1S/C12H17NO2/c1-12(4-5-12)8-13-7-9-2-3-10(14)11(15)6-9/h2-3,6,13-15H,4-5,7-8H2,1H3. The number of aromatic hydroxyl groups is 2. The third kappa shape index (κ3) is 2.63. The summed E-state index contributed by atoms with van der Waals surface area (Å²) in [6.07, 6.45) is 2.61. The first kappa shape index (κ1) is 10.3. The van der Waals surface area contributed by atoms with Crippen LogP contribution in [0.1, 0.15) is 25.3 Å². The largest absolute Gasteiger partial charge is 0.504 e. The predicted octanol–water partition coefficient (Wildman–Crippen LogP) is 1.99. The number of phenolic OH excluding ortho intramolecular Hbond substituents is 2. The lowest BCUT2D eigenvalue weighted by Gasteiger charge is -2.10. The molecule has 3 nitrogen and oxygen atoms in total. The molecule has 1 fully saturated rings. The first-order chi connectivity index (χ1) is 7.09. The second-order valence-corrected chi connectivity index (χ2v) is 4.74. The molecule has 0 heterocycles. The topological polar surface area (TPSA) is 52.5 Å². The second kappa shape index (κ2) is 3.74. The first-order valence-electron chi connectivity index (χ1n) is 5.31. The fourth-order valence-corrected chi connectivity index (χ4v) is 1.58. The summed E-state index contributed by atoms with van der Waals surface area (Å²) in [6, 6.07) is 4.93. The molecule has 0 amide bonds. The zero-order chi connectivity index (χ0) is 10.9. The lowest BCUT2D eigenvalue weighted by atomic mass is 10.1. The van der Waals surface area contributed by atoms with Crippen LogP contribution in [0.25, 0.3) is 0 Å². The van der Waals surface area contributed by atoms with Gasteiger partial charge in [-0.05, 0) is 36.0 Å². The van der Waals surface area contributed by atoms with E-state index in [0.29, 0.717) is 5.41 Å². The number of nitrogens with one attached hydrogen (secondary N) is 1. The fourth-order valence-electron chi connectivity index (χ4n) is 1.58. The van der Waals surface area contributed by atoms with Crippen molar-refractivity contribution in [2.45, 2.75) is 26.3 Å². The molecular weight excluding hydrogens is 190 g/mol. The molecule has 3 N–H and O–H groups in total. The van der Waals surface area contributed by atoms with Crippen molar-refractivity contribution in [2.24, 2.45) is 5.41 Å². The molecule has 1 aliphatic rings. The van der Waals surface area contributed by atoms with Gasteiger partial charge in [0, 0.05) is 13.1 Å². The van der Waals surface area contributed by atoms with Crippen molar-refractivity contribution in [1.82, 2.24) is 5.32 Å². The highest BCUT2D eigenvalue weighted by Gasteiger charge is 2.36. The normalized spacial score (nSPS) is 17.7. The van der Waals surface area contributed by atoms with Crippen LogP contribution < -0.4 is 5.32 Å². The number of hydrogen-bond donors (Lipinski definition) is 3. The van der Waals surface area contributed by atoms with Crippen LogP contribution in [0.3, 0.4) is 0 Å². The van der Waals surface area contributed by atoms with E-state index in [0.717, 1.165) is 18.7 Å². The van der Waals surface area contributed by atoms with Crippen molar-refractivity contribution in [2.75, 3.05) is 6.54 Å². The zero-order valence-electron chi connectivity index (χ0n) is 8.95. The summed E-state index contributed by atoms with van der Waals surface area (Å²) in [5.74, 6) is -0.111. The summed E-state index contributed by atoms with van der Waals surface area (Å²) in [5, 5.41) is 21.8. The van der Waals surface area contributed by atoms with Crippen molar-refractivity contribution in [1.29, 1.82) is 0 Å². The Morgan fingerprint density at radius 2 is 2.00 bits per heavy atom. The highest BCUT2D eigenvalue weighted by atomic mass is 16.3. The molecule has 15 heavy (non-hydrogen) atoms. The van der Waals surface area contributed by atoms with Crippen molar-refractivity contribution in [3.05, 3.63) is 23.8 Å². The van der Waals surface area contributed by atoms with Gasteiger partial charge in [-0.3, -0.25) is 0 Å². The SMILES string of the molecule is CC1(CNCc2ccc(O)c(O)c2)CC1. The molecule has 0 bridgehead atoms. The highest BCUT2D eigenvalue weighted by Crippen LogP contribution is 2.44. The third-order valence-electron chi connectivity index (χ3n) is 3.02. The molecule has 0 spiro atoms. The molecule has 1 saturated carbocycles. The highest BCUT2D eigenvalue weighted by molar-refractivity contribution is 5.40. The minimum absolute atomic E-state index is 0.0491. The van der Waals surface area contributed by atoms with Crippen LogP contribution >= 0.6 is 0 Å². The number of phenols is 2. The first-order valence-corrected chi connectivity index (χ1v) is 5.31. The van der Waals surface area contributed by atoms with Crippen LogP contribution in [0.4, 0.5) is 0 Å². The minimum Gasteiger partial charge on any atom is -0.504 e. The average molecular weight is 207 g/mol. The van der Waals surface area contributed by atoms with E-state index in [9.17, 15) is 5.11 Å². The Labute approximate surface area is 89.8 Å². The Morgan fingerprint density at radius 1 is 1.27 bits per heavy atom.